The van der Waals surface area contributed by atoms with Gasteiger partial charge in [0.25, 0.3) is 0 Å². The zero-order valence-electron chi connectivity index (χ0n) is 4.15. The van der Waals surface area contributed by atoms with Gasteiger partial charge in [-0.3, -0.25) is 0 Å². The molecule has 2 aliphatic heterocycles. The molecular formula is C6H8N. The van der Waals surface area contributed by atoms with Gasteiger partial charge in [0, 0.05) is 12.1 Å². The lowest BCUT2D eigenvalue weighted by Gasteiger charge is -2.38. The molecule has 37 valence electrons. The van der Waals surface area contributed by atoms with E-state index >= 15 is 0 Å². The molecule has 1 aliphatic carbocycles. The van der Waals surface area contributed by atoms with Crippen LogP contribution in [-0.2, 0) is 0 Å². The molecule has 3 aliphatic rings. The average Bonchev–Trinajstić information content (AvgIpc) is 1.67. The Labute approximate surface area is 43.4 Å². The van der Waals surface area contributed by atoms with Gasteiger partial charge in [-0.2, -0.15) is 0 Å². The summed E-state index contributed by atoms with van der Waals surface area (Å²) in [5.74, 6) is 0. The fraction of sp³-hybridized carbons (Fsp3) is 0.667. The van der Waals surface area contributed by atoms with E-state index in [0.717, 1.165) is 12.5 Å². The van der Waals surface area contributed by atoms with Crippen LogP contribution in [0.2, 0.25) is 0 Å². The van der Waals surface area contributed by atoms with Crippen LogP contribution >= 0.6 is 0 Å². The predicted molar refractivity (Wildman–Crippen MR) is 27.8 cm³/mol. The maximum Gasteiger partial charge on any atom is 0.0273 e. The van der Waals surface area contributed by atoms with Crippen molar-refractivity contribution in [2.75, 3.05) is 0 Å². The van der Waals surface area contributed by atoms with Crippen molar-refractivity contribution in [2.24, 2.45) is 0 Å². The molecule has 1 fully saturated rings. The van der Waals surface area contributed by atoms with Gasteiger partial charge in [-0.25, -0.2) is 0 Å². The molecule has 0 amide bonds. The van der Waals surface area contributed by atoms with Crippen molar-refractivity contribution in [3.8, 4) is 0 Å². The van der Waals surface area contributed by atoms with Gasteiger partial charge in [-0.15, -0.1) is 0 Å². The molecule has 2 atom stereocenters. The van der Waals surface area contributed by atoms with Crippen LogP contribution in [0.15, 0.2) is 6.08 Å². The van der Waals surface area contributed by atoms with Crippen LogP contribution in [0.25, 0.3) is 0 Å². The van der Waals surface area contributed by atoms with Crippen molar-refractivity contribution in [1.29, 1.82) is 0 Å². The standard InChI is InChI=1S/C6H8N/c1-2-5-4-6(3-1)7-5/h2,5-7H,3-4H2. The minimum atomic E-state index is 0.693. The van der Waals surface area contributed by atoms with Crippen molar-refractivity contribution in [1.82, 2.24) is 5.32 Å². The first-order valence-electron chi connectivity index (χ1n) is 2.78. The number of hydrogen-bond acceptors (Lipinski definition) is 1. The third-order valence-corrected chi connectivity index (χ3v) is 1.67. The van der Waals surface area contributed by atoms with E-state index in [1.54, 1.807) is 0 Å². The maximum absolute atomic E-state index is 3.36. The van der Waals surface area contributed by atoms with E-state index in [0.29, 0.717) is 6.04 Å². The van der Waals surface area contributed by atoms with E-state index in [9.17, 15) is 0 Å². The SMILES string of the molecule is [C]1=CC2CC(C1)N2. The summed E-state index contributed by atoms with van der Waals surface area (Å²) in [6.07, 6.45) is 7.83. The second-order valence-electron chi connectivity index (χ2n) is 2.28. The lowest BCUT2D eigenvalue weighted by molar-refractivity contribution is 0.288. The predicted octanol–water partition coefficient (Wildman–Crippen LogP) is 0.480. The van der Waals surface area contributed by atoms with Crippen LogP contribution in [-0.4, -0.2) is 12.1 Å². The lowest BCUT2D eigenvalue weighted by atomic mass is 9.89. The number of hydrogen-bond donors (Lipinski definition) is 1. The Kier molecular flexibility index (Phi) is 0.577. The average molecular weight is 94.1 g/mol. The summed E-state index contributed by atoms with van der Waals surface area (Å²) in [5.41, 5.74) is 0. The highest BCUT2D eigenvalue weighted by Gasteiger charge is 2.27. The monoisotopic (exact) mass is 94.1 g/mol. The molecule has 0 spiro atoms. The minimum Gasteiger partial charge on any atom is -0.307 e. The molecule has 0 aromatic carbocycles. The summed E-state index contributed by atoms with van der Waals surface area (Å²) in [6, 6.07) is 1.48. The fourth-order valence-electron chi connectivity index (χ4n) is 1.20. The van der Waals surface area contributed by atoms with Crippen LogP contribution in [0.3, 0.4) is 0 Å². The van der Waals surface area contributed by atoms with Gasteiger partial charge in [-0.05, 0) is 18.9 Å². The molecule has 1 heteroatoms. The Balaban J connectivity index is 2.18. The fourth-order valence-corrected chi connectivity index (χ4v) is 1.20. The maximum atomic E-state index is 3.36. The Morgan fingerprint density at radius 3 is 2.71 bits per heavy atom. The second-order valence-corrected chi connectivity index (χ2v) is 2.28. The van der Waals surface area contributed by atoms with Crippen molar-refractivity contribution >= 4 is 0 Å². The van der Waals surface area contributed by atoms with Crippen molar-refractivity contribution < 1.29 is 0 Å². The summed E-state index contributed by atoms with van der Waals surface area (Å²) in [4.78, 5) is 0. The summed E-state index contributed by atoms with van der Waals surface area (Å²) in [6.45, 7) is 0. The van der Waals surface area contributed by atoms with Crippen LogP contribution in [0.4, 0.5) is 0 Å². The Morgan fingerprint density at radius 2 is 2.57 bits per heavy atom. The zero-order valence-corrected chi connectivity index (χ0v) is 4.15. The van der Waals surface area contributed by atoms with Crippen molar-refractivity contribution in [2.45, 2.75) is 24.9 Å². The normalized spacial score (nSPS) is 45.7. The van der Waals surface area contributed by atoms with Crippen LogP contribution in [0.5, 0.6) is 0 Å². The zero-order chi connectivity index (χ0) is 4.69. The summed E-state index contributed by atoms with van der Waals surface area (Å²) in [5, 5.41) is 3.36. The van der Waals surface area contributed by atoms with Gasteiger partial charge in [-0.1, -0.05) is 6.08 Å². The number of rotatable bonds is 0. The van der Waals surface area contributed by atoms with Crippen LogP contribution < -0.4 is 5.32 Å². The quantitative estimate of drug-likeness (QED) is 0.460. The summed E-state index contributed by atoms with van der Waals surface area (Å²) in [7, 11) is 0. The molecule has 1 radical (unpaired) electrons. The second kappa shape index (κ2) is 1.10. The summed E-state index contributed by atoms with van der Waals surface area (Å²) < 4.78 is 0. The van der Waals surface area contributed by atoms with Crippen LogP contribution in [0.1, 0.15) is 12.8 Å². The largest absolute Gasteiger partial charge is 0.307 e. The van der Waals surface area contributed by atoms with Crippen molar-refractivity contribution in [3.05, 3.63) is 12.2 Å². The van der Waals surface area contributed by atoms with Crippen molar-refractivity contribution in [3.63, 3.8) is 0 Å². The van der Waals surface area contributed by atoms with E-state index in [-0.39, 0.29) is 0 Å². The third-order valence-electron chi connectivity index (χ3n) is 1.67. The molecule has 0 aromatic rings. The number of nitrogens with one attached hydrogen (secondary N) is 1. The van der Waals surface area contributed by atoms with Crippen LogP contribution in [0, 0.1) is 6.08 Å². The molecule has 2 heterocycles. The molecule has 0 saturated carbocycles. The third kappa shape index (κ3) is 0.416. The lowest BCUT2D eigenvalue weighted by Crippen LogP contribution is -2.53. The smallest absolute Gasteiger partial charge is 0.0273 e. The minimum absolute atomic E-state index is 0.693. The van der Waals surface area contributed by atoms with Gasteiger partial charge in [0.1, 0.15) is 0 Å². The highest BCUT2D eigenvalue weighted by Crippen LogP contribution is 2.20. The van der Waals surface area contributed by atoms with Gasteiger partial charge in [0.05, 0.1) is 0 Å². The Hall–Kier alpha value is -0.300. The van der Waals surface area contributed by atoms with E-state index in [1.165, 1.54) is 6.42 Å². The first-order chi connectivity index (χ1) is 3.45. The number of fused-ring (bicyclic) bond motifs is 1. The van der Waals surface area contributed by atoms with Gasteiger partial charge >= 0.3 is 0 Å². The van der Waals surface area contributed by atoms with Gasteiger partial charge < -0.3 is 5.32 Å². The molecule has 0 aromatic heterocycles. The molecule has 1 N–H and O–H groups in total. The van der Waals surface area contributed by atoms with E-state index < -0.39 is 0 Å². The highest BCUT2D eigenvalue weighted by molar-refractivity contribution is 5.06. The molecule has 1 nitrogen and oxygen atoms in total. The molecule has 7 heavy (non-hydrogen) atoms. The Bertz CT molecular complexity index is 101. The van der Waals surface area contributed by atoms with E-state index in [4.69, 9.17) is 0 Å². The first-order valence-corrected chi connectivity index (χ1v) is 2.78. The van der Waals surface area contributed by atoms with E-state index in [2.05, 4.69) is 17.5 Å². The highest BCUT2D eigenvalue weighted by atomic mass is 15.0. The summed E-state index contributed by atoms with van der Waals surface area (Å²) >= 11 is 0. The molecule has 2 bridgehead atoms. The van der Waals surface area contributed by atoms with Gasteiger partial charge in [0.15, 0.2) is 0 Å². The van der Waals surface area contributed by atoms with Gasteiger partial charge in [0.2, 0.25) is 0 Å². The Morgan fingerprint density at radius 1 is 1.71 bits per heavy atom. The topological polar surface area (TPSA) is 12.0 Å². The molecule has 1 saturated heterocycles. The first kappa shape index (κ1) is 3.67. The molecule has 3 rings (SSSR count). The molecular weight excluding hydrogens is 86.1 g/mol. The van der Waals surface area contributed by atoms with E-state index in [1.807, 2.05) is 0 Å². The molecule has 2 unspecified atom stereocenters.